The Morgan fingerprint density at radius 3 is 2.17 bits per heavy atom. The maximum absolute atomic E-state index is 11.8. The molecule has 0 spiro atoms. The first-order valence-electron chi connectivity index (χ1n) is 6.82. The third kappa shape index (κ3) is 7.46. The van der Waals surface area contributed by atoms with E-state index in [1.807, 2.05) is 17.9 Å². The van der Waals surface area contributed by atoms with Crippen molar-refractivity contribution in [1.82, 2.24) is 15.3 Å². The Kier molecular flexibility index (Phi) is 7.27. The molecule has 8 heteroatoms. The van der Waals surface area contributed by atoms with Gasteiger partial charge in [-0.25, -0.2) is 5.48 Å². The van der Waals surface area contributed by atoms with E-state index < -0.39 is 11.7 Å². The summed E-state index contributed by atoms with van der Waals surface area (Å²) in [6.45, 7) is 0. The van der Waals surface area contributed by atoms with E-state index in [9.17, 15) is 13.2 Å². The lowest BCUT2D eigenvalue weighted by Crippen LogP contribution is -2.03. The number of aromatic nitrogens is 2. The first-order valence-corrected chi connectivity index (χ1v) is 6.82. The molecule has 0 saturated heterocycles. The molecule has 1 saturated carbocycles. The third-order valence-electron chi connectivity index (χ3n) is 2.93. The number of aryl methyl sites for hydroxylation is 1. The predicted octanol–water partition coefficient (Wildman–Crippen LogP) is 3.12. The van der Waals surface area contributed by atoms with Crippen LogP contribution < -0.4 is 5.48 Å². The summed E-state index contributed by atoms with van der Waals surface area (Å²) in [5.74, 6) is 0.846. The maximum Gasteiger partial charge on any atom is 0.416 e. The SMILES string of the molecule is Cn1cc(C2CC2)cn1.FC(F)(F)c1ccccc1.O=CNO. The van der Waals surface area contributed by atoms with Gasteiger partial charge in [0.05, 0.1) is 11.8 Å². The van der Waals surface area contributed by atoms with Crippen molar-refractivity contribution in [2.75, 3.05) is 0 Å². The van der Waals surface area contributed by atoms with Crippen LogP contribution in [-0.2, 0) is 18.0 Å². The van der Waals surface area contributed by atoms with Gasteiger partial charge in [0.1, 0.15) is 0 Å². The summed E-state index contributed by atoms with van der Waals surface area (Å²) in [4.78, 5) is 8.81. The van der Waals surface area contributed by atoms with Gasteiger partial charge in [0.15, 0.2) is 0 Å². The Morgan fingerprint density at radius 1 is 1.30 bits per heavy atom. The Bertz CT molecular complexity index is 581. The van der Waals surface area contributed by atoms with E-state index in [4.69, 9.17) is 10.0 Å². The van der Waals surface area contributed by atoms with Gasteiger partial charge >= 0.3 is 6.18 Å². The van der Waals surface area contributed by atoms with Gasteiger partial charge in [-0.05, 0) is 24.3 Å². The molecule has 0 radical (unpaired) electrons. The molecule has 0 unspecified atom stereocenters. The van der Waals surface area contributed by atoms with Crippen molar-refractivity contribution in [2.24, 2.45) is 7.05 Å². The van der Waals surface area contributed by atoms with Gasteiger partial charge in [-0.3, -0.25) is 14.7 Å². The van der Waals surface area contributed by atoms with Crippen LogP contribution in [0.4, 0.5) is 13.2 Å². The zero-order valence-corrected chi connectivity index (χ0v) is 12.5. The first-order chi connectivity index (χ1) is 10.9. The number of alkyl halides is 3. The summed E-state index contributed by atoms with van der Waals surface area (Å²) in [6, 6.07) is 6.36. The third-order valence-corrected chi connectivity index (χ3v) is 2.93. The lowest BCUT2D eigenvalue weighted by molar-refractivity contribution is -0.137. The number of halogens is 3. The van der Waals surface area contributed by atoms with Gasteiger partial charge in [0.25, 0.3) is 0 Å². The van der Waals surface area contributed by atoms with Gasteiger partial charge < -0.3 is 0 Å². The Balaban J connectivity index is 0.000000189. The maximum atomic E-state index is 11.8. The van der Waals surface area contributed by atoms with E-state index in [2.05, 4.69) is 11.3 Å². The molecule has 1 heterocycles. The molecule has 2 aromatic rings. The van der Waals surface area contributed by atoms with Crippen LogP contribution in [0.1, 0.15) is 29.9 Å². The molecule has 1 aromatic carbocycles. The topological polar surface area (TPSA) is 67.2 Å². The standard InChI is InChI=1S/C7H5F3.C7H10N2.CH3NO2/c8-7(9,10)6-4-2-1-3-5-6;1-9-5-7(4-8-9)6-2-3-6;3-1-2-4/h1-5H;4-6H,2-3H2,1H3;1,4H,(H,2,3). The predicted molar refractivity (Wildman–Crippen MR) is 77.6 cm³/mol. The molecule has 1 amide bonds. The molecule has 1 aliphatic rings. The number of benzene rings is 1. The normalized spacial score (nSPS) is 13.1. The van der Waals surface area contributed by atoms with E-state index in [1.165, 1.54) is 36.0 Å². The van der Waals surface area contributed by atoms with Crippen LogP contribution in [0.15, 0.2) is 42.7 Å². The van der Waals surface area contributed by atoms with Crippen LogP contribution in [0, 0.1) is 0 Å². The molecule has 1 aliphatic carbocycles. The molecular weight excluding hydrogens is 311 g/mol. The van der Waals surface area contributed by atoms with Crippen LogP contribution in [0.2, 0.25) is 0 Å². The Morgan fingerprint density at radius 2 is 1.87 bits per heavy atom. The van der Waals surface area contributed by atoms with Gasteiger partial charge in [0.2, 0.25) is 6.41 Å². The minimum atomic E-state index is -4.21. The van der Waals surface area contributed by atoms with Crippen LogP contribution in [0.25, 0.3) is 0 Å². The lowest BCUT2D eigenvalue weighted by atomic mass is 10.2. The van der Waals surface area contributed by atoms with Crippen molar-refractivity contribution in [2.45, 2.75) is 24.9 Å². The summed E-state index contributed by atoms with van der Waals surface area (Å²) in [5, 5.41) is 11.4. The quantitative estimate of drug-likeness (QED) is 0.505. The molecular formula is C15H18F3N3O2. The number of amides is 1. The summed E-state index contributed by atoms with van der Waals surface area (Å²) < 4.78 is 37.2. The average molecular weight is 329 g/mol. The van der Waals surface area contributed by atoms with Crippen LogP contribution in [0.5, 0.6) is 0 Å². The van der Waals surface area contributed by atoms with E-state index in [-0.39, 0.29) is 6.41 Å². The minimum Gasteiger partial charge on any atom is -0.289 e. The largest absolute Gasteiger partial charge is 0.416 e. The fourth-order valence-corrected chi connectivity index (χ4v) is 1.69. The second-order valence-corrected chi connectivity index (χ2v) is 4.83. The van der Waals surface area contributed by atoms with E-state index >= 15 is 0 Å². The summed E-state index contributed by atoms with van der Waals surface area (Å²) in [7, 11) is 1.96. The zero-order chi connectivity index (χ0) is 17.3. The molecule has 1 fully saturated rings. The lowest BCUT2D eigenvalue weighted by Gasteiger charge is -2.03. The van der Waals surface area contributed by atoms with E-state index in [0.717, 1.165) is 18.1 Å². The number of hydroxylamine groups is 1. The number of hydrogen-bond donors (Lipinski definition) is 2. The van der Waals surface area contributed by atoms with Crippen molar-refractivity contribution < 1.29 is 23.2 Å². The summed E-state index contributed by atoms with van der Waals surface area (Å²) in [5.41, 5.74) is 2.06. The van der Waals surface area contributed by atoms with Gasteiger partial charge in [-0.15, -0.1) is 0 Å². The van der Waals surface area contributed by atoms with E-state index in [1.54, 1.807) is 6.07 Å². The zero-order valence-electron chi connectivity index (χ0n) is 12.5. The molecule has 2 N–H and O–H groups in total. The molecule has 23 heavy (non-hydrogen) atoms. The van der Waals surface area contributed by atoms with Crippen LogP contribution in [-0.4, -0.2) is 21.4 Å². The molecule has 0 atom stereocenters. The first kappa shape index (κ1) is 18.7. The van der Waals surface area contributed by atoms with Crippen molar-refractivity contribution >= 4 is 6.41 Å². The van der Waals surface area contributed by atoms with Crippen molar-refractivity contribution in [1.29, 1.82) is 0 Å². The van der Waals surface area contributed by atoms with Gasteiger partial charge in [0, 0.05) is 13.2 Å². The number of nitrogens with one attached hydrogen (secondary N) is 1. The highest BCUT2D eigenvalue weighted by Crippen LogP contribution is 2.39. The molecule has 0 bridgehead atoms. The van der Waals surface area contributed by atoms with E-state index in [0.29, 0.717) is 0 Å². The smallest absolute Gasteiger partial charge is 0.289 e. The molecule has 0 aliphatic heterocycles. The number of rotatable bonds is 2. The van der Waals surface area contributed by atoms with Crippen LogP contribution in [0.3, 0.4) is 0 Å². The molecule has 5 nitrogen and oxygen atoms in total. The second-order valence-electron chi connectivity index (χ2n) is 4.83. The fraction of sp³-hybridized carbons (Fsp3) is 0.333. The molecule has 3 rings (SSSR count). The average Bonchev–Trinajstić information content (AvgIpc) is 3.30. The summed E-state index contributed by atoms with van der Waals surface area (Å²) >= 11 is 0. The van der Waals surface area contributed by atoms with Crippen LogP contribution >= 0.6 is 0 Å². The highest BCUT2D eigenvalue weighted by molar-refractivity contribution is 5.43. The Hall–Kier alpha value is -2.35. The molecule has 126 valence electrons. The number of carbonyl (C=O) groups is 1. The minimum absolute atomic E-state index is 0.181. The second kappa shape index (κ2) is 8.94. The molecule has 1 aromatic heterocycles. The van der Waals surface area contributed by atoms with Crippen molar-refractivity contribution in [3.8, 4) is 0 Å². The fourth-order valence-electron chi connectivity index (χ4n) is 1.69. The Labute approximate surface area is 131 Å². The van der Waals surface area contributed by atoms with Crippen molar-refractivity contribution in [3.63, 3.8) is 0 Å². The highest BCUT2D eigenvalue weighted by Gasteiger charge is 2.29. The number of carbonyl (C=O) groups excluding carboxylic acids is 1. The highest BCUT2D eigenvalue weighted by atomic mass is 19.4. The van der Waals surface area contributed by atoms with Crippen molar-refractivity contribution in [3.05, 3.63) is 53.9 Å². The number of nitrogens with zero attached hydrogens (tertiary/aromatic N) is 2. The summed E-state index contributed by atoms with van der Waals surface area (Å²) in [6.07, 6.45) is 2.79. The number of hydrogen-bond acceptors (Lipinski definition) is 3. The van der Waals surface area contributed by atoms with Gasteiger partial charge in [-0.2, -0.15) is 18.3 Å². The monoisotopic (exact) mass is 329 g/mol. The van der Waals surface area contributed by atoms with Gasteiger partial charge in [-0.1, -0.05) is 30.3 Å².